The van der Waals surface area contributed by atoms with Crippen LogP contribution in [0.2, 0.25) is 0 Å². The molecule has 76 valence electrons. The minimum Gasteiger partial charge on any atom is -0.350 e. The van der Waals surface area contributed by atoms with E-state index in [-0.39, 0.29) is 11.9 Å². The molecule has 1 amide bonds. The molecule has 1 rings (SSSR count). The summed E-state index contributed by atoms with van der Waals surface area (Å²) in [5, 5.41) is 2.92. The van der Waals surface area contributed by atoms with Crippen molar-refractivity contribution in [3.8, 4) is 0 Å². The first kappa shape index (κ1) is 10.7. The molecular formula is C11H16N2O. The van der Waals surface area contributed by atoms with Crippen LogP contribution in [0.5, 0.6) is 0 Å². The van der Waals surface area contributed by atoms with Crippen molar-refractivity contribution in [1.29, 1.82) is 0 Å². The third-order valence-corrected chi connectivity index (χ3v) is 2.04. The Balaban J connectivity index is 2.50. The van der Waals surface area contributed by atoms with Gasteiger partial charge in [0.15, 0.2) is 0 Å². The summed E-state index contributed by atoms with van der Waals surface area (Å²) in [5.74, 6) is 0.101. The largest absolute Gasteiger partial charge is 0.350 e. The highest BCUT2D eigenvalue weighted by Crippen LogP contribution is 2.09. The van der Waals surface area contributed by atoms with Gasteiger partial charge in [-0.1, -0.05) is 13.0 Å². The predicted octanol–water partition coefficient (Wildman–Crippen LogP) is 2.06. The molecule has 1 aromatic rings. The Hall–Kier alpha value is -1.38. The minimum absolute atomic E-state index is 0.0442. The maximum absolute atomic E-state index is 11.3. The molecule has 0 saturated carbocycles. The van der Waals surface area contributed by atoms with Crippen molar-refractivity contribution < 1.29 is 4.79 Å². The Labute approximate surface area is 84.6 Å². The van der Waals surface area contributed by atoms with Crippen molar-refractivity contribution >= 4 is 5.91 Å². The molecule has 1 atom stereocenters. The molecule has 0 spiro atoms. The maximum Gasteiger partial charge on any atom is 0.220 e. The summed E-state index contributed by atoms with van der Waals surface area (Å²) in [6, 6.07) is 3.88. The highest BCUT2D eigenvalue weighted by molar-refractivity contribution is 5.76. The Morgan fingerprint density at radius 1 is 1.64 bits per heavy atom. The first-order valence-corrected chi connectivity index (χ1v) is 4.93. The van der Waals surface area contributed by atoms with Crippen molar-refractivity contribution in [3.63, 3.8) is 0 Å². The molecule has 1 N–H and O–H groups in total. The van der Waals surface area contributed by atoms with Gasteiger partial charge >= 0.3 is 0 Å². The highest BCUT2D eigenvalue weighted by atomic mass is 16.1. The van der Waals surface area contributed by atoms with Crippen LogP contribution in [0.3, 0.4) is 0 Å². The maximum atomic E-state index is 11.3. The Kier molecular flexibility index (Phi) is 4.11. The summed E-state index contributed by atoms with van der Waals surface area (Å²) in [6.45, 7) is 3.96. The number of nitrogens with one attached hydrogen (secondary N) is 1. The second kappa shape index (κ2) is 5.37. The number of hydrogen-bond donors (Lipinski definition) is 1. The third kappa shape index (κ3) is 3.17. The van der Waals surface area contributed by atoms with Gasteiger partial charge in [0.2, 0.25) is 5.91 Å². The second-order valence-electron chi connectivity index (χ2n) is 3.33. The number of pyridine rings is 1. The normalized spacial score (nSPS) is 12.1. The lowest BCUT2D eigenvalue weighted by Crippen LogP contribution is -2.26. The van der Waals surface area contributed by atoms with Crippen molar-refractivity contribution in [2.75, 3.05) is 0 Å². The second-order valence-corrected chi connectivity index (χ2v) is 3.33. The Morgan fingerprint density at radius 3 is 3.00 bits per heavy atom. The van der Waals surface area contributed by atoms with Crippen LogP contribution in [-0.4, -0.2) is 10.9 Å². The number of nitrogens with zero attached hydrogens (tertiary/aromatic N) is 1. The van der Waals surface area contributed by atoms with E-state index in [1.165, 1.54) is 0 Å². The van der Waals surface area contributed by atoms with Gasteiger partial charge in [-0.2, -0.15) is 0 Å². The fourth-order valence-electron chi connectivity index (χ4n) is 1.26. The summed E-state index contributed by atoms with van der Waals surface area (Å²) >= 11 is 0. The van der Waals surface area contributed by atoms with Crippen LogP contribution in [0.25, 0.3) is 0 Å². The van der Waals surface area contributed by atoms with Gasteiger partial charge in [-0.3, -0.25) is 9.78 Å². The molecule has 0 aliphatic heterocycles. The van der Waals surface area contributed by atoms with E-state index < -0.39 is 0 Å². The fraction of sp³-hybridized carbons (Fsp3) is 0.455. The molecule has 14 heavy (non-hydrogen) atoms. The zero-order valence-electron chi connectivity index (χ0n) is 8.66. The van der Waals surface area contributed by atoms with Crippen LogP contribution in [0.15, 0.2) is 24.5 Å². The molecule has 1 aromatic heterocycles. The molecule has 0 saturated heterocycles. The third-order valence-electron chi connectivity index (χ3n) is 2.04. The van der Waals surface area contributed by atoms with E-state index in [1.54, 1.807) is 12.4 Å². The van der Waals surface area contributed by atoms with Gasteiger partial charge in [0.05, 0.1) is 6.04 Å². The lowest BCUT2D eigenvalue weighted by molar-refractivity contribution is -0.121. The standard InChI is InChI=1S/C11H16N2O/c1-3-5-11(14)13-9(2)10-6-4-7-12-8-10/h4,6-9H,3,5H2,1-2H3,(H,13,14)/t9-/m0/s1. The number of amides is 1. The van der Waals surface area contributed by atoms with E-state index >= 15 is 0 Å². The van der Waals surface area contributed by atoms with Gasteiger partial charge in [0, 0.05) is 18.8 Å². The van der Waals surface area contributed by atoms with Gasteiger partial charge in [-0.15, -0.1) is 0 Å². The molecule has 0 aliphatic carbocycles. The first-order valence-electron chi connectivity index (χ1n) is 4.93. The van der Waals surface area contributed by atoms with Gasteiger partial charge in [0.1, 0.15) is 0 Å². The Bertz CT molecular complexity index is 285. The minimum atomic E-state index is 0.0442. The van der Waals surface area contributed by atoms with Crippen LogP contribution in [0, 0.1) is 0 Å². The molecule has 0 aliphatic rings. The number of carbonyl (C=O) groups is 1. The zero-order valence-corrected chi connectivity index (χ0v) is 8.66. The topological polar surface area (TPSA) is 42.0 Å². The molecular weight excluding hydrogens is 176 g/mol. The number of hydrogen-bond acceptors (Lipinski definition) is 2. The van der Waals surface area contributed by atoms with Gasteiger partial charge in [-0.25, -0.2) is 0 Å². The molecule has 1 heterocycles. The van der Waals surface area contributed by atoms with Crippen LogP contribution in [0.1, 0.15) is 38.3 Å². The lowest BCUT2D eigenvalue weighted by atomic mass is 10.1. The van der Waals surface area contributed by atoms with E-state index in [2.05, 4.69) is 10.3 Å². The van der Waals surface area contributed by atoms with E-state index in [1.807, 2.05) is 26.0 Å². The molecule has 3 nitrogen and oxygen atoms in total. The Morgan fingerprint density at radius 2 is 2.43 bits per heavy atom. The van der Waals surface area contributed by atoms with E-state index in [9.17, 15) is 4.79 Å². The van der Waals surface area contributed by atoms with E-state index in [4.69, 9.17) is 0 Å². The van der Waals surface area contributed by atoms with E-state index in [0.717, 1.165) is 12.0 Å². The van der Waals surface area contributed by atoms with Crippen molar-refractivity contribution in [2.45, 2.75) is 32.7 Å². The number of aromatic nitrogens is 1. The number of carbonyl (C=O) groups excluding carboxylic acids is 1. The summed E-state index contributed by atoms with van der Waals surface area (Å²) in [5.41, 5.74) is 1.04. The monoisotopic (exact) mass is 192 g/mol. The molecule has 3 heteroatoms. The summed E-state index contributed by atoms with van der Waals surface area (Å²) < 4.78 is 0. The zero-order chi connectivity index (χ0) is 10.4. The van der Waals surface area contributed by atoms with Crippen molar-refractivity contribution in [2.24, 2.45) is 0 Å². The lowest BCUT2D eigenvalue weighted by Gasteiger charge is -2.13. The molecule has 0 radical (unpaired) electrons. The number of rotatable bonds is 4. The fourth-order valence-corrected chi connectivity index (χ4v) is 1.26. The van der Waals surface area contributed by atoms with Gasteiger partial charge in [0.25, 0.3) is 0 Å². The predicted molar refractivity (Wildman–Crippen MR) is 55.7 cm³/mol. The smallest absolute Gasteiger partial charge is 0.220 e. The molecule has 0 fully saturated rings. The van der Waals surface area contributed by atoms with Crippen molar-refractivity contribution in [1.82, 2.24) is 10.3 Å². The quantitative estimate of drug-likeness (QED) is 0.793. The van der Waals surface area contributed by atoms with Crippen molar-refractivity contribution in [3.05, 3.63) is 30.1 Å². The van der Waals surface area contributed by atoms with E-state index in [0.29, 0.717) is 6.42 Å². The summed E-state index contributed by atoms with van der Waals surface area (Å²) in [6.07, 6.45) is 4.97. The highest BCUT2D eigenvalue weighted by Gasteiger charge is 2.07. The average Bonchev–Trinajstić information content (AvgIpc) is 2.19. The van der Waals surface area contributed by atoms with Crippen LogP contribution in [-0.2, 0) is 4.79 Å². The molecule has 0 unspecified atom stereocenters. The SMILES string of the molecule is CCCC(=O)N[C@@H](C)c1cccnc1. The van der Waals surface area contributed by atoms with Crippen LogP contribution < -0.4 is 5.32 Å². The first-order chi connectivity index (χ1) is 6.74. The van der Waals surface area contributed by atoms with Crippen LogP contribution in [0.4, 0.5) is 0 Å². The molecule has 0 bridgehead atoms. The van der Waals surface area contributed by atoms with Gasteiger partial charge < -0.3 is 5.32 Å². The van der Waals surface area contributed by atoms with Crippen LogP contribution >= 0.6 is 0 Å². The average molecular weight is 192 g/mol. The molecule has 0 aromatic carbocycles. The summed E-state index contributed by atoms with van der Waals surface area (Å²) in [7, 11) is 0. The van der Waals surface area contributed by atoms with Gasteiger partial charge in [-0.05, 0) is 25.0 Å². The summed E-state index contributed by atoms with van der Waals surface area (Å²) in [4.78, 5) is 15.3.